The summed E-state index contributed by atoms with van der Waals surface area (Å²) in [4.78, 5) is 30.3. The molecule has 0 unspecified atom stereocenters. The largest absolute Gasteiger partial charge is 0.497 e. The van der Waals surface area contributed by atoms with E-state index in [-0.39, 0.29) is 36.6 Å². The first-order valence-electron chi connectivity index (χ1n) is 13.6. The van der Waals surface area contributed by atoms with Crippen LogP contribution in [0.15, 0.2) is 72.8 Å². The van der Waals surface area contributed by atoms with Gasteiger partial charge in [-0.1, -0.05) is 61.5 Å². The lowest BCUT2D eigenvalue weighted by atomic mass is 9.94. The Morgan fingerprint density at radius 2 is 1.73 bits per heavy atom. The Bertz CT molecular complexity index is 1300. The Kier molecular flexibility index (Phi) is 9.79. The molecular formula is C32H39N3O5. The van der Waals surface area contributed by atoms with Crippen LogP contribution in [-0.2, 0) is 17.9 Å². The molecule has 0 fully saturated rings. The highest BCUT2D eigenvalue weighted by Gasteiger charge is 2.31. The van der Waals surface area contributed by atoms with E-state index < -0.39 is 0 Å². The van der Waals surface area contributed by atoms with Crippen LogP contribution in [-0.4, -0.2) is 72.8 Å². The number of nitrogens with zero attached hydrogens (tertiary/aromatic N) is 2. The van der Waals surface area contributed by atoms with Gasteiger partial charge in [0.2, 0.25) is 0 Å². The molecule has 0 aromatic heterocycles. The molecule has 2 N–H and O–H groups in total. The minimum Gasteiger partial charge on any atom is -0.497 e. The second-order valence-corrected chi connectivity index (χ2v) is 10.4. The third kappa shape index (κ3) is 6.81. The number of nitrogens with one attached hydrogen (secondary N) is 1. The molecular weight excluding hydrogens is 506 g/mol. The fourth-order valence-electron chi connectivity index (χ4n) is 4.96. The van der Waals surface area contributed by atoms with Crippen molar-refractivity contribution < 1.29 is 24.2 Å². The number of likely N-dealkylation sites (N-methyl/N-ethyl adjacent to an activating group) is 1. The minimum absolute atomic E-state index is 0.118. The fraction of sp³-hybridized carbons (Fsp3) is 0.375. The summed E-state index contributed by atoms with van der Waals surface area (Å²) in [5, 5.41) is 13.0. The van der Waals surface area contributed by atoms with Crippen LogP contribution >= 0.6 is 0 Å². The summed E-state index contributed by atoms with van der Waals surface area (Å²) in [6, 6.07) is 22.5. The van der Waals surface area contributed by atoms with Crippen LogP contribution in [0, 0.1) is 5.92 Å². The van der Waals surface area contributed by atoms with Gasteiger partial charge < -0.3 is 29.7 Å². The number of rotatable bonds is 7. The Morgan fingerprint density at radius 1 is 1.07 bits per heavy atom. The fourth-order valence-corrected chi connectivity index (χ4v) is 4.96. The molecule has 0 aliphatic carbocycles. The van der Waals surface area contributed by atoms with E-state index in [9.17, 15) is 14.7 Å². The standard InChI is InChI=1S/C32H39N3O5/c1-22-18-35(23(2)20-36)31(37)29-12-8-7-11-28(29)27-10-6-5-9-25(27)21-40-30(22)19-34(3)32(38)33-17-24-13-15-26(39-4)16-14-24/h5-16,22-23,30,36H,17-21H2,1-4H3,(H,33,38)/t22-,23-,30-/m0/s1. The second kappa shape index (κ2) is 13.5. The highest BCUT2D eigenvalue weighted by molar-refractivity contribution is 6.01. The van der Waals surface area contributed by atoms with Crippen LogP contribution in [0.4, 0.5) is 4.79 Å². The molecule has 8 heteroatoms. The van der Waals surface area contributed by atoms with Crippen LogP contribution < -0.4 is 10.1 Å². The number of amides is 3. The van der Waals surface area contributed by atoms with E-state index in [2.05, 4.69) is 5.32 Å². The number of carbonyl (C=O) groups is 2. The maximum Gasteiger partial charge on any atom is 0.317 e. The van der Waals surface area contributed by atoms with Gasteiger partial charge in [-0.2, -0.15) is 0 Å². The molecule has 1 aliphatic heterocycles. The van der Waals surface area contributed by atoms with E-state index >= 15 is 0 Å². The molecule has 3 amide bonds. The smallest absolute Gasteiger partial charge is 0.317 e. The van der Waals surface area contributed by atoms with Crippen molar-refractivity contribution in [3.05, 3.63) is 89.5 Å². The van der Waals surface area contributed by atoms with Gasteiger partial charge in [0.05, 0.1) is 32.5 Å². The van der Waals surface area contributed by atoms with Crippen molar-refractivity contribution in [3.63, 3.8) is 0 Å². The average Bonchev–Trinajstić information content (AvgIpc) is 3.01. The summed E-state index contributed by atoms with van der Waals surface area (Å²) in [5.74, 6) is 0.509. The molecule has 0 spiro atoms. The van der Waals surface area contributed by atoms with Gasteiger partial charge in [-0.25, -0.2) is 4.79 Å². The highest BCUT2D eigenvalue weighted by atomic mass is 16.5. The summed E-state index contributed by atoms with van der Waals surface area (Å²) < 4.78 is 11.7. The maximum atomic E-state index is 13.9. The van der Waals surface area contributed by atoms with Gasteiger partial charge in [-0.3, -0.25) is 4.79 Å². The SMILES string of the molecule is COc1ccc(CNC(=O)N(C)C[C@@H]2OCc3ccccc3-c3ccccc3C(=O)N([C@@H](C)CO)C[C@@H]2C)cc1. The van der Waals surface area contributed by atoms with E-state index in [1.165, 1.54) is 0 Å². The molecule has 1 aliphatic rings. The average molecular weight is 546 g/mol. The Hall–Kier alpha value is -3.88. The summed E-state index contributed by atoms with van der Waals surface area (Å²) in [6.45, 7) is 5.14. The monoisotopic (exact) mass is 545 g/mol. The first kappa shape index (κ1) is 29.1. The summed E-state index contributed by atoms with van der Waals surface area (Å²) >= 11 is 0. The van der Waals surface area contributed by atoms with E-state index in [0.29, 0.717) is 31.8 Å². The molecule has 0 bridgehead atoms. The molecule has 4 rings (SSSR count). The summed E-state index contributed by atoms with van der Waals surface area (Å²) in [5.41, 5.74) is 4.29. The third-order valence-electron chi connectivity index (χ3n) is 7.50. The molecule has 8 nitrogen and oxygen atoms in total. The van der Waals surface area contributed by atoms with E-state index in [1.807, 2.05) is 86.6 Å². The molecule has 1 heterocycles. The quantitative estimate of drug-likeness (QED) is 0.454. The third-order valence-corrected chi connectivity index (χ3v) is 7.50. The molecule has 0 radical (unpaired) electrons. The van der Waals surface area contributed by atoms with Gasteiger partial charge in [0.25, 0.3) is 5.91 Å². The minimum atomic E-state index is -0.384. The number of carbonyl (C=O) groups excluding carboxylic acids is 2. The Labute approximate surface area is 236 Å². The van der Waals surface area contributed by atoms with E-state index in [1.54, 1.807) is 24.0 Å². The number of aliphatic hydroxyl groups excluding tert-OH is 1. The van der Waals surface area contributed by atoms with Gasteiger partial charge in [0, 0.05) is 38.2 Å². The number of ether oxygens (including phenoxy) is 2. The summed E-state index contributed by atoms with van der Waals surface area (Å²) in [7, 11) is 3.36. The van der Waals surface area contributed by atoms with Crippen LogP contribution in [0.5, 0.6) is 5.75 Å². The molecule has 40 heavy (non-hydrogen) atoms. The number of fused-ring (bicyclic) bond motifs is 3. The zero-order valence-corrected chi connectivity index (χ0v) is 23.7. The topological polar surface area (TPSA) is 91.3 Å². The number of benzene rings is 3. The predicted molar refractivity (Wildman–Crippen MR) is 155 cm³/mol. The summed E-state index contributed by atoms with van der Waals surface area (Å²) in [6.07, 6.45) is -0.354. The van der Waals surface area contributed by atoms with E-state index in [4.69, 9.17) is 9.47 Å². The van der Waals surface area contributed by atoms with Crippen LogP contribution in [0.3, 0.4) is 0 Å². The zero-order chi connectivity index (χ0) is 28.6. The van der Waals surface area contributed by atoms with E-state index in [0.717, 1.165) is 28.0 Å². The first-order valence-corrected chi connectivity index (χ1v) is 13.6. The highest BCUT2D eigenvalue weighted by Crippen LogP contribution is 2.31. The Morgan fingerprint density at radius 3 is 2.40 bits per heavy atom. The lowest BCUT2D eigenvalue weighted by Gasteiger charge is -2.35. The molecule has 3 aromatic rings. The second-order valence-electron chi connectivity index (χ2n) is 10.4. The van der Waals surface area contributed by atoms with Gasteiger partial charge in [-0.15, -0.1) is 0 Å². The van der Waals surface area contributed by atoms with Crippen molar-refractivity contribution in [2.75, 3.05) is 33.9 Å². The van der Waals surface area contributed by atoms with Crippen LogP contribution in [0.2, 0.25) is 0 Å². The molecule has 3 aromatic carbocycles. The zero-order valence-electron chi connectivity index (χ0n) is 23.7. The van der Waals surface area contributed by atoms with Crippen LogP contribution in [0.25, 0.3) is 11.1 Å². The number of hydrogen-bond donors (Lipinski definition) is 2. The first-order chi connectivity index (χ1) is 19.3. The van der Waals surface area contributed by atoms with Crippen molar-refractivity contribution >= 4 is 11.9 Å². The van der Waals surface area contributed by atoms with Gasteiger partial charge in [0.1, 0.15) is 5.75 Å². The van der Waals surface area contributed by atoms with Crippen molar-refractivity contribution in [2.24, 2.45) is 5.92 Å². The molecule has 0 saturated heterocycles. The number of aliphatic hydroxyl groups is 1. The van der Waals surface area contributed by atoms with Gasteiger partial charge in [-0.05, 0) is 47.4 Å². The van der Waals surface area contributed by atoms with Gasteiger partial charge >= 0.3 is 6.03 Å². The van der Waals surface area contributed by atoms with Crippen molar-refractivity contribution in [2.45, 2.75) is 39.1 Å². The maximum absolute atomic E-state index is 13.9. The van der Waals surface area contributed by atoms with Gasteiger partial charge in [0.15, 0.2) is 0 Å². The van der Waals surface area contributed by atoms with Crippen molar-refractivity contribution in [1.29, 1.82) is 0 Å². The predicted octanol–water partition coefficient (Wildman–Crippen LogP) is 4.56. The lowest BCUT2D eigenvalue weighted by Crippen LogP contribution is -2.48. The lowest BCUT2D eigenvalue weighted by molar-refractivity contribution is -0.0184. The van der Waals surface area contributed by atoms with Crippen molar-refractivity contribution in [1.82, 2.24) is 15.1 Å². The molecule has 212 valence electrons. The number of hydrogen-bond acceptors (Lipinski definition) is 5. The normalized spacial score (nSPS) is 18.1. The number of urea groups is 1. The van der Waals surface area contributed by atoms with Crippen LogP contribution in [0.1, 0.15) is 35.3 Å². The van der Waals surface area contributed by atoms with Crippen molar-refractivity contribution in [3.8, 4) is 16.9 Å². The molecule has 0 saturated carbocycles. The Balaban J connectivity index is 1.56. The molecule has 3 atom stereocenters. The number of methoxy groups -OCH3 is 1.